The molecule has 0 aromatic heterocycles. The Labute approximate surface area is 148 Å². The third-order valence-corrected chi connectivity index (χ3v) is 4.84. The molecule has 0 radical (unpaired) electrons. The predicted molar refractivity (Wildman–Crippen MR) is 97.4 cm³/mol. The highest BCUT2D eigenvalue weighted by Crippen LogP contribution is 2.24. The Morgan fingerprint density at radius 3 is 2.28 bits per heavy atom. The number of hydrogen-bond donors (Lipinski definition) is 2. The molecule has 25 heavy (non-hydrogen) atoms. The van der Waals surface area contributed by atoms with Crippen molar-refractivity contribution in [1.29, 1.82) is 0 Å². The summed E-state index contributed by atoms with van der Waals surface area (Å²) in [6.45, 7) is 1.38. The largest absolute Gasteiger partial charge is 0.489 e. The predicted octanol–water partition coefficient (Wildman–Crippen LogP) is 4.00. The summed E-state index contributed by atoms with van der Waals surface area (Å²) in [7, 11) is 0. The van der Waals surface area contributed by atoms with E-state index in [1.165, 1.54) is 5.56 Å². The number of nitrogens with one attached hydrogen (secondary N) is 1. The van der Waals surface area contributed by atoms with Gasteiger partial charge in [-0.25, -0.2) is 0 Å². The van der Waals surface area contributed by atoms with Gasteiger partial charge in [0.05, 0.1) is 5.92 Å². The van der Waals surface area contributed by atoms with Crippen molar-refractivity contribution < 1.29 is 14.6 Å². The van der Waals surface area contributed by atoms with E-state index < -0.39 is 5.97 Å². The third-order valence-electron chi connectivity index (χ3n) is 4.84. The summed E-state index contributed by atoms with van der Waals surface area (Å²) in [5, 5.41) is 12.6. The Kier molecular flexibility index (Phi) is 6.07. The van der Waals surface area contributed by atoms with E-state index >= 15 is 0 Å². The number of carboxylic acids is 1. The first-order chi connectivity index (χ1) is 12.2. The van der Waals surface area contributed by atoms with E-state index in [2.05, 4.69) is 29.6 Å². The van der Waals surface area contributed by atoms with Gasteiger partial charge in [0.25, 0.3) is 0 Å². The molecule has 0 saturated heterocycles. The molecule has 0 amide bonds. The van der Waals surface area contributed by atoms with Crippen molar-refractivity contribution in [3.05, 3.63) is 65.7 Å². The fraction of sp³-hybridized carbons (Fsp3) is 0.381. The molecule has 0 spiro atoms. The lowest BCUT2D eigenvalue weighted by molar-refractivity contribution is -0.142. The molecule has 0 aliphatic heterocycles. The quantitative estimate of drug-likeness (QED) is 0.800. The van der Waals surface area contributed by atoms with Crippen LogP contribution in [0.1, 0.15) is 36.8 Å². The lowest BCUT2D eigenvalue weighted by Crippen LogP contribution is -2.34. The van der Waals surface area contributed by atoms with Crippen molar-refractivity contribution in [2.75, 3.05) is 0 Å². The topological polar surface area (TPSA) is 58.6 Å². The highest BCUT2D eigenvalue weighted by Gasteiger charge is 2.25. The van der Waals surface area contributed by atoms with Gasteiger partial charge in [-0.3, -0.25) is 4.79 Å². The molecule has 2 aromatic carbocycles. The van der Waals surface area contributed by atoms with Crippen LogP contribution in [0.3, 0.4) is 0 Å². The van der Waals surface area contributed by atoms with Gasteiger partial charge in [-0.1, -0.05) is 42.5 Å². The van der Waals surface area contributed by atoms with Crippen LogP contribution < -0.4 is 10.1 Å². The first kappa shape index (κ1) is 17.5. The second kappa shape index (κ2) is 8.67. The molecule has 0 atom stereocenters. The lowest BCUT2D eigenvalue weighted by Gasteiger charge is -2.27. The van der Waals surface area contributed by atoms with E-state index in [1.807, 2.05) is 30.3 Å². The van der Waals surface area contributed by atoms with Crippen LogP contribution in [0.15, 0.2) is 54.6 Å². The molecule has 4 nitrogen and oxygen atoms in total. The molecule has 2 aromatic rings. The van der Waals surface area contributed by atoms with Crippen LogP contribution in [-0.4, -0.2) is 17.1 Å². The van der Waals surface area contributed by atoms with Crippen LogP contribution in [0.25, 0.3) is 0 Å². The average molecular weight is 339 g/mol. The van der Waals surface area contributed by atoms with Gasteiger partial charge in [-0.15, -0.1) is 0 Å². The molecular formula is C21H25NO3. The number of carboxylic acid groups (broad SMARTS) is 1. The molecule has 4 heteroatoms. The van der Waals surface area contributed by atoms with Gasteiger partial charge in [0.2, 0.25) is 0 Å². The number of aliphatic carboxylic acids is 1. The highest BCUT2D eigenvalue weighted by molar-refractivity contribution is 5.70. The number of rotatable bonds is 7. The van der Waals surface area contributed by atoms with Gasteiger partial charge in [0, 0.05) is 12.6 Å². The van der Waals surface area contributed by atoms with E-state index in [9.17, 15) is 4.79 Å². The van der Waals surface area contributed by atoms with Crippen LogP contribution >= 0.6 is 0 Å². The van der Waals surface area contributed by atoms with E-state index in [0.29, 0.717) is 12.6 Å². The fourth-order valence-corrected chi connectivity index (χ4v) is 3.25. The normalized spacial score (nSPS) is 20.2. The number of hydrogen-bond acceptors (Lipinski definition) is 3. The number of ether oxygens (including phenoxy) is 1. The lowest BCUT2D eigenvalue weighted by atomic mass is 9.86. The van der Waals surface area contributed by atoms with Crippen molar-refractivity contribution in [2.45, 2.75) is 44.9 Å². The van der Waals surface area contributed by atoms with Crippen LogP contribution in [0.4, 0.5) is 0 Å². The van der Waals surface area contributed by atoms with Crippen LogP contribution in [0.2, 0.25) is 0 Å². The molecule has 132 valence electrons. The standard InChI is InChI=1S/C21H25NO3/c23-21(24)18-8-10-19(11-9-18)22-14-16-6-12-20(13-7-16)25-15-17-4-2-1-3-5-17/h1-7,12-13,18-19,22H,8-11,14-15H2,(H,23,24). The average Bonchev–Trinajstić information content (AvgIpc) is 2.67. The third kappa shape index (κ3) is 5.33. The highest BCUT2D eigenvalue weighted by atomic mass is 16.5. The second-order valence-electron chi connectivity index (χ2n) is 6.69. The molecule has 1 fully saturated rings. The Balaban J connectivity index is 1.41. The molecule has 1 aliphatic rings. The maximum absolute atomic E-state index is 11.0. The van der Waals surface area contributed by atoms with Crippen LogP contribution in [-0.2, 0) is 17.9 Å². The van der Waals surface area contributed by atoms with Crippen molar-refractivity contribution >= 4 is 5.97 Å². The van der Waals surface area contributed by atoms with Crippen molar-refractivity contribution in [2.24, 2.45) is 5.92 Å². The van der Waals surface area contributed by atoms with Gasteiger partial charge in [-0.2, -0.15) is 0 Å². The second-order valence-corrected chi connectivity index (χ2v) is 6.69. The minimum absolute atomic E-state index is 0.154. The molecule has 3 rings (SSSR count). The molecular weight excluding hydrogens is 314 g/mol. The summed E-state index contributed by atoms with van der Waals surface area (Å²) in [5.41, 5.74) is 2.37. The summed E-state index contributed by atoms with van der Waals surface area (Å²) in [6, 6.07) is 18.7. The smallest absolute Gasteiger partial charge is 0.306 e. The molecule has 0 unspecified atom stereocenters. The van der Waals surface area contributed by atoms with Crippen molar-refractivity contribution in [3.8, 4) is 5.75 Å². The summed E-state index contributed by atoms with van der Waals surface area (Å²) in [4.78, 5) is 11.0. The maximum Gasteiger partial charge on any atom is 0.306 e. The Hall–Kier alpha value is -2.33. The fourth-order valence-electron chi connectivity index (χ4n) is 3.25. The summed E-state index contributed by atoms with van der Waals surface area (Å²) < 4.78 is 5.80. The van der Waals surface area contributed by atoms with Crippen LogP contribution in [0, 0.1) is 5.92 Å². The number of benzene rings is 2. The summed E-state index contributed by atoms with van der Waals surface area (Å²) in [6.07, 6.45) is 3.43. The first-order valence-electron chi connectivity index (χ1n) is 8.92. The first-order valence-corrected chi connectivity index (χ1v) is 8.92. The van der Waals surface area contributed by atoms with Gasteiger partial charge in [0.15, 0.2) is 0 Å². The summed E-state index contributed by atoms with van der Waals surface area (Å²) >= 11 is 0. The Bertz CT molecular complexity index is 661. The minimum Gasteiger partial charge on any atom is -0.489 e. The Morgan fingerprint density at radius 1 is 0.960 bits per heavy atom. The van der Waals surface area contributed by atoms with Gasteiger partial charge in [-0.05, 0) is 48.9 Å². The van der Waals surface area contributed by atoms with Gasteiger partial charge >= 0.3 is 5.97 Å². The molecule has 1 aliphatic carbocycles. The molecule has 1 saturated carbocycles. The van der Waals surface area contributed by atoms with E-state index in [4.69, 9.17) is 9.84 Å². The zero-order valence-corrected chi connectivity index (χ0v) is 14.4. The van der Waals surface area contributed by atoms with E-state index in [-0.39, 0.29) is 5.92 Å². The van der Waals surface area contributed by atoms with Gasteiger partial charge < -0.3 is 15.2 Å². The zero-order chi connectivity index (χ0) is 17.5. The van der Waals surface area contributed by atoms with Crippen molar-refractivity contribution in [1.82, 2.24) is 5.32 Å². The minimum atomic E-state index is -0.649. The van der Waals surface area contributed by atoms with E-state index in [1.54, 1.807) is 0 Å². The molecule has 0 heterocycles. The molecule has 0 bridgehead atoms. The SMILES string of the molecule is O=C(O)C1CCC(NCc2ccc(OCc3ccccc3)cc2)CC1. The monoisotopic (exact) mass is 339 g/mol. The summed E-state index contributed by atoms with van der Waals surface area (Å²) in [5.74, 6) is 0.0678. The van der Waals surface area contributed by atoms with Gasteiger partial charge in [0.1, 0.15) is 12.4 Å². The molecule has 2 N–H and O–H groups in total. The van der Waals surface area contributed by atoms with Crippen LogP contribution in [0.5, 0.6) is 5.75 Å². The Morgan fingerprint density at radius 2 is 1.64 bits per heavy atom. The van der Waals surface area contributed by atoms with E-state index in [0.717, 1.165) is 43.5 Å². The van der Waals surface area contributed by atoms with Crippen molar-refractivity contribution in [3.63, 3.8) is 0 Å². The maximum atomic E-state index is 11.0. The zero-order valence-electron chi connectivity index (χ0n) is 14.4. The number of carbonyl (C=O) groups is 1.